The summed E-state index contributed by atoms with van der Waals surface area (Å²) >= 11 is 1.61. The second-order valence-electron chi connectivity index (χ2n) is 3.48. The minimum Gasteiger partial charge on any atom is -0.384 e. The molecule has 0 saturated carbocycles. The van der Waals surface area contributed by atoms with E-state index in [2.05, 4.69) is 9.97 Å². The number of thiophene rings is 1. The summed E-state index contributed by atoms with van der Waals surface area (Å²) in [6.45, 7) is 2.01. The molecule has 0 fully saturated rings. The van der Waals surface area contributed by atoms with Gasteiger partial charge in [0.15, 0.2) is 5.82 Å². The van der Waals surface area contributed by atoms with Gasteiger partial charge in [0.2, 0.25) is 0 Å². The lowest BCUT2D eigenvalue weighted by atomic mass is 10.2. The molecular formula is C11H13N3OS. The molecule has 5 heteroatoms. The van der Waals surface area contributed by atoms with Gasteiger partial charge in [-0.25, -0.2) is 9.97 Å². The van der Waals surface area contributed by atoms with Crippen molar-refractivity contribution in [3.8, 4) is 10.6 Å². The Hall–Kier alpha value is -1.30. The van der Waals surface area contributed by atoms with Crippen LogP contribution in [0.2, 0.25) is 0 Å². The van der Waals surface area contributed by atoms with E-state index in [1.807, 2.05) is 30.5 Å². The molecule has 84 valence electrons. The van der Waals surface area contributed by atoms with Gasteiger partial charge in [-0.05, 0) is 24.4 Å². The zero-order valence-electron chi connectivity index (χ0n) is 8.92. The van der Waals surface area contributed by atoms with Gasteiger partial charge < -0.3 is 10.8 Å². The van der Waals surface area contributed by atoms with E-state index >= 15 is 0 Å². The summed E-state index contributed by atoms with van der Waals surface area (Å²) in [7, 11) is 0. The Balaban J connectivity index is 2.44. The highest BCUT2D eigenvalue weighted by atomic mass is 32.1. The molecule has 1 atom stereocenters. The number of rotatable bonds is 3. The third-order valence-corrected chi connectivity index (χ3v) is 3.06. The number of hydrogen-bond acceptors (Lipinski definition) is 5. The maximum atomic E-state index is 9.63. The maximum absolute atomic E-state index is 9.63. The number of aromatic nitrogens is 2. The minimum absolute atomic E-state index is 0.132. The normalized spacial score (nSPS) is 12.7. The molecule has 2 rings (SSSR count). The van der Waals surface area contributed by atoms with Crippen molar-refractivity contribution in [3.63, 3.8) is 0 Å². The lowest BCUT2D eigenvalue weighted by Gasteiger charge is -2.08. The molecule has 4 nitrogen and oxygen atoms in total. The average molecular weight is 235 g/mol. The van der Waals surface area contributed by atoms with E-state index in [4.69, 9.17) is 5.73 Å². The highest BCUT2D eigenvalue weighted by Crippen LogP contribution is 2.24. The van der Waals surface area contributed by atoms with Crippen molar-refractivity contribution in [1.82, 2.24) is 9.97 Å². The van der Waals surface area contributed by atoms with E-state index in [-0.39, 0.29) is 6.54 Å². The first kappa shape index (κ1) is 11.2. The van der Waals surface area contributed by atoms with Crippen LogP contribution in [-0.4, -0.2) is 21.6 Å². The molecule has 0 radical (unpaired) electrons. The monoisotopic (exact) mass is 235 g/mol. The van der Waals surface area contributed by atoms with Gasteiger partial charge in [0, 0.05) is 12.2 Å². The Morgan fingerprint density at radius 3 is 2.94 bits per heavy atom. The van der Waals surface area contributed by atoms with E-state index in [0.717, 1.165) is 16.3 Å². The van der Waals surface area contributed by atoms with Crippen molar-refractivity contribution < 1.29 is 5.11 Å². The number of aryl methyl sites for hydroxylation is 1. The average Bonchev–Trinajstić information content (AvgIpc) is 2.80. The molecule has 0 aromatic carbocycles. The first-order valence-corrected chi connectivity index (χ1v) is 5.86. The van der Waals surface area contributed by atoms with Crippen LogP contribution in [0.25, 0.3) is 10.6 Å². The summed E-state index contributed by atoms with van der Waals surface area (Å²) in [6.07, 6.45) is -0.793. The number of nitrogens with two attached hydrogens (primary N) is 1. The molecule has 0 saturated heterocycles. The fraction of sp³-hybridized carbons (Fsp3) is 0.273. The standard InChI is InChI=1S/C11H13N3OS/c1-7-5-8(10-3-2-4-16-10)14-11(13-7)9(15)6-12/h2-5,9,15H,6,12H2,1H3. The first-order valence-electron chi connectivity index (χ1n) is 4.98. The lowest BCUT2D eigenvalue weighted by molar-refractivity contribution is 0.176. The fourth-order valence-corrected chi connectivity index (χ4v) is 2.08. The van der Waals surface area contributed by atoms with E-state index in [9.17, 15) is 5.11 Å². The number of aliphatic hydroxyl groups is 1. The van der Waals surface area contributed by atoms with Crippen LogP contribution in [0.3, 0.4) is 0 Å². The van der Waals surface area contributed by atoms with Crippen LogP contribution < -0.4 is 5.73 Å². The summed E-state index contributed by atoms with van der Waals surface area (Å²) in [5.41, 5.74) is 7.07. The topological polar surface area (TPSA) is 72.0 Å². The molecule has 1 unspecified atom stereocenters. The number of nitrogens with zero attached hydrogens (tertiary/aromatic N) is 2. The van der Waals surface area contributed by atoms with Crippen LogP contribution in [0.1, 0.15) is 17.6 Å². The Bertz CT molecular complexity index is 470. The van der Waals surface area contributed by atoms with Gasteiger partial charge in [0.25, 0.3) is 0 Å². The third kappa shape index (κ3) is 2.27. The molecule has 0 spiro atoms. The molecule has 0 aliphatic rings. The third-order valence-electron chi connectivity index (χ3n) is 2.17. The molecule has 0 aliphatic heterocycles. The van der Waals surface area contributed by atoms with E-state index in [1.54, 1.807) is 11.3 Å². The summed E-state index contributed by atoms with van der Waals surface area (Å²) in [5, 5.41) is 11.6. The Kier molecular flexibility index (Phi) is 3.28. The summed E-state index contributed by atoms with van der Waals surface area (Å²) < 4.78 is 0. The smallest absolute Gasteiger partial charge is 0.159 e. The van der Waals surface area contributed by atoms with Crippen LogP contribution in [0.5, 0.6) is 0 Å². The Labute approximate surface area is 97.8 Å². The van der Waals surface area contributed by atoms with Crippen molar-refractivity contribution in [2.45, 2.75) is 13.0 Å². The first-order chi connectivity index (χ1) is 7.70. The number of aliphatic hydroxyl groups excluding tert-OH is 1. The molecular weight excluding hydrogens is 222 g/mol. The minimum atomic E-state index is -0.793. The molecule has 0 amide bonds. The van der Waals surface area contributed by atoms with Gasteiger partial charge in [-0.15, -0.1) is 11.3 Å². The zero-order valence-corrected chi connectivity index (χ0v) is 9.74. The molecule has 3 N–H and O–H groups in total. The van der Waals surface area contributed by atoms with E-state index in [1.165, 1.54) is 0 Å². The van der Waals surface area contributed by atoms with Crippen LogP contribution in [-0.2, 0) is 0 Å². The van der Waals surface area contributed by atoms with Gasteiger partial charge in [-0.2, -0.15) is 0 Å². The SMILES string of the molecule is Cc1cc(-c2cccs2)nc(C(O)CN)n1. The second kappa shape index (κ2) is 4.69. The highest BCUT2D eigenvalue weighted by Gasteiger charge is 2.11. The van der Waals surface area contributed by atoms with Crippen LogP contribution in [0.15, 0.2) is 23.6 Å². The lowest BCUT2D eigenvalue weighted by Crippen LogP contribution is -2.15. The van der Waals surface area contributed by atoms with Crippen molar-refractivity contribution in [3.05, 3.63) is 35.1 Å². The Morgan fingerprint density at radius 1 is 1.50 bits per heavy atom. The van der Waals surface area contributed by atoms with Crippen molar-refractivity contribution in [2.75, 3.05) is 6.54 Å². The van der Waals surface area contributed by atoms with Crippen molar-refractivity contribution in [2.24, 2.45) is 5.73 Å². The summed E-state index contributed by atoms with van der Waals surface area (Å²) in [4.78, 5) is 9.56. The molecule has 2 heterocycles. The quantitative estimate of drug-likeness (QED) is 0.845. The molecule has 0 aliphatic carbocycles. The van der Waals surface area contributed by atoms with Gasteiger partial charge >= 0.3 is 0 Å². The predicted octanol–water partition coefficient (Wildman–Crippen LogP) is 1.51. The molecule has 16 heavy (non-hydrogen) atoms. The largest absolute Gasteiger partial charge is 0.384 e. The zero-order chi connectivity index (χ0) is 11.5. The van der Waals surface area contributed by atoms with Gasteiger partial charge in [-0.1, -0.05) is 6.07 Å². The van der Waals surface area contributed by atoms with E-state index < -0.39 is 6.10 Å². The fourth-order valence-electron chi connectivity index (χ4n) is 1.40. The highest BCUT2D eigenvalue weighted by molar-refractivity contribution is 7.13. The molecule has 2 aromatic heterocycles. The van der Waals surface area contributed by atoms with Gasteiger partial charge in [0.05, 0.1) is 10.6 Å². The van der Waals surface area contributed by atoms with E-state index in [0.29, 0.717) is 5.82 Å². The second-order valence-corrected chi connectivity index (χ2v) is 4.43. The van der Waals surface area contributed by atoms with Crippen molar-refractivity contribution >= 4 is 11.3 Å². The van der Waals surface area contributed by atoms with Gasteiger partial charge in [-0.3, -0.25) is 0 Å². The summed E-state index contributed by atoms with van der Waals surface area (Å²) in [5.74, 6) is 0.394. The van der Waals surface area contributed by atoms with Crippen molar-refractivity contribution in [1.29, 1.82) is 0 Å². The molecule has 0 bridgehead atoms. The summed E-state index contributed by atoms with van der Waals surface area (Å²) in [6, 6.07) is 5.86. The Morgan fingerprint density at radius 2 is 2.31 bits per heavy atom. The number of hydrogen-bond donors (Lipinski definition) is 2. The van der Waals surface area contributed by atoms with Crippen LogP contribution in [0, 0.1) is 6.92 Å². The maximum Gasteiger partial charge on any atom is 0.159 e. The van der Waals surface area contributed by atoms with Crippen LogP contribution >= 0.6 is 11.3 Å². The predicted molar refractivity (Wildman–Crippen MR) is 64.1 cm³/mol. The molecule has 2 aromatic rings. The van der Waals surface area contributed by atoms with Crippen LogP contribution in [0.4, 0.5) is 0 Å². The van der Waals surface area contributed by atoms with Gasteiger partial charge in [0.1, 0.15) is 6.10 Å².